The predicted molar refractivity (Wildman–Crippen MR) is 115 cm³/mol. The summed E-state index contributed by atoms with van der Waals surface area (Å²) in [7, 11) is 0. The number of aromatic amines is 1. The lowest BCUT2D eigenvalue weighted by Crippen LogP contribution is -2.42. The molecule has 2 aliphatic heterocycles. The quantitative estimate of drug-likeness (QED) is 0.644. The Morgan fingerprint density at radius 2 is 2.07 bits per heavy atom. The van der Waals surface area contributed by atoms with Crippen molar-refractivity contribution in [1.29, 1.82) is 0 Å². The molecule has 1 aromatic heterocycles. The number of carbonyl (C=O) groups excluding carboxylic acids is 1. The van der Waals surface area contributed by atoms with Crippen LogP contribution in [0.3, 0.4) is 0 Å². The van der Waals surface area contributed by atoms with Crippen LogP contribution >= 0.6 is 15.9 Å². The van der Waals surface area contributed by atoms with Gasteiger partial charge in [0.05, 0.1) is 23.9 Å². The second kappa shape index (κ2) is 7.76. The molecule has 1 spiro atoms. The molecule has 1 N–H and O–H groups in total. The Labute approximate surface area is 180 Å². The molecular formula is C22H28BrN3O3. The second-order valence-electron chi connectivity index (χ2n) is 8.99. The maximum absolute atomic E-state index is 13.0. The summed E-state index contributed by atoms with van der Waals surface area (Å²) in [5.41, 5.74) is 1.05. The van der Waals surface area contributed by atoms with E-state index in [-0.39, 0.29) is 17.7 Å². The van der Waals surface area contributed by atoms with E-state index >= 15 is 0 Å². The summed E-state index contributed by atoms with van der Waals surface area (Å²) in [6, 6.07) is 7.85. The number of imidazole rings is 1. The van der Waals surface area contributed by atoms with Crippen LogP contribution in [0.15, 0.2) is 34.9 Å². The highest BCUT2D eigenvalue weighted by Gasteiger charge is 2.50. The van der Waals surface area contributed by atoms with Crippen LogP contribution in [0.5, 0.6) is 0 Å². The first-order valence-electron chi connectivity index (χ1n) is 10.2. The zero-order chi connectivity index (χ0) is 20.6. The van der Waals surface area contributed by atoms with Crippen LogP contribution in [0.1, 0.15) is 58.3 Å². The second-order valence-corrected chi connectivity index (χ2v) is 9.91. The summed E-state index contributed by atoms with van der Waals surface area (Å²) >= 11 is 3.47. The van der Waals surface area contributed by atoms with Crippen molar-refractivity contribution in [2.45, 2.75) is 63.7 Å². The Kier molecular flexibility index (Phi) is 5.46. The number of hydrogen-bond donors (Lipinski definition) is 1. The van der Waals surface area contributed by atoms with Crippen LogP contribution in [-0.4, -0.2) is 45.3 Å². The molecule has 1 aromatic carbocycles. The maximum atomic E-state index is 13.0. The summed E-state index contributed by atoms with van der Waals surface area (Å²) in [6.45, 7) is 6.96. The minimum atomic E-state index is -0.545. The molecule has 2 aromatic rings. The number of nitrogens with one attached hydrogen (secondary N) is 1. The molecule has 0 bridgehead atoms. The lowest BCUT2D eigenvalue weighted by Gasteiger charge is -2.33. The molecule has 2 fully saturated rings. The van der Waals surface area contributed by atoms with E-state index in [0.717, 1.165) is 53.8 Å². The SMILES string of the molecule is CC(C)(C)OC(=O)N1C[C@]2(CCCCO2)C[C@H]1c1nc(-c2ccc(Br)cc2)c[nH]1. The molecule has 2 atom stereocenters. The molecule has 2 saturated heterocycles. The molecule has 0 aliphatic carbocycles. The van der Waals surface area contributed by atoms with E-state index in [9.17, 15) is 4.79 Å². The van der Waals surface area contributed by atoms with Gasteiger partial charge >= 0.3 is 6.09 Å². The number of likely N-dealkylation sites (tertiary alicyclic amines) is 1. The van der Waals surface area contributed by atoms with Gasteiger partial charge in [-0.1, -0.05) is 28.1 Å². The number of rotatable bonds is 2. The third-order valence-corrected chi connectivity index (χ3v) is 6.05. The first-order valence-corrected chi connectivity index (χ1v) is 11.0. The van der Waals surface area contributed by atoms with Crippen molar-refractivity contribution in [2.24, 2.45) is 0 Å². The third kappa shape index (κ3) is 4.51. The molecule has 4 rings (SSSR count). The number of carbonyl (C=O) groups is 1. The minimum Gasteiger partial charge on any atom is -0.444 e. The standard InChI is InChI=1S/C22H28BrN3O3/c1-21(2,3)29-20(27)26-14-22(10-4-5-11-28-22)12-18(26)19-24-13-17(25-19)15-6-8-16(23)9-7-15/h6-9,13,18H,4-5,10-12,14H2,1-3H3,(H,24,25)/t18-,22-/m0/s1. The lowest BCUT2D eigenvalue weighted by molar-refractivity contribution is -0.0706. The number of ether oxygens (including phenoxy) is 2. The average Bonchev–Trinajstić information content (AvgIpc) is 3.27. The number of nitrogens with zero attached hydrogens (tertiary/aromatic N) is 2. The molecule has 7 heteroatoms. The molecular weight excluding hydrogens is 434 g/mol. The van der Waals surface area contributed by atoms with Crippen LogP contribution in [0.4, 0.5) is 4.79 Å². The van der Waals surface area contributed by atoms with Crippen molar-refractivity contribution in [3.63, 3.8) is 0 Å². The fourth-order valence-electron chi connectivity index (χ4n) is 4.18. The van der Waals surface area contributed by atoms with Gasteiger partial charge in [0.25, 0.3) is 0 Å². The minimum absolute atomic E-state index is 0.188. The Morgan fingerprint density at radius 3 is 2.72 bits per heavy atom. The highest BCUT2D eigenvalue weighted by molar-refractivity contribution is 9.10. The summed E-state index contributed by atoms with van der Waals surface area (Å²) < 4.78 is 12.9. The normalized spacial score (nSPS) is 24.8. The van der Waals surface area contributed by atoms with Crippen LogP contribution in [0.25, 0.3) is 11.3 Å². The third-order valence-electron chi connectivity index (χ3n) is 5.52. The Morgan fingerprint density at radius 1 is 1.31 bits per heavy atom. The summed E-state index contributed by atoms with van der Waals surface area (Å²) in [5.74, 6) is 0.778. The molecule has 3 heterocycles. The van der Waals surface area contributed by atoms with Gasteiger partial charge in [-0.25, -0.2) is 9.78 Å². The number of H-pyrrole nitrogens is 1. The van der Waals surface area contributed by atoms with E-state index in [1.807, 2.05) is 51.2 Å². The number of halogens is 1. The number of aromatic nitrogens is 2. The Balaban J connectivity index is 1.62. The number of benzene rings is 1. The van der Waals surface area contributed by atoms with E-state index in [1.165, 1.54) is 0 Å². The van der Waals surface area contributed by atoms with E-state index in [4.69, 9.17) is 14.5 Å². The summed E-state index contributed by atoms with van der Waals surface area (Å²) in [4.78, 5) is 22.9. The van der Waals surface area contributed by atoms with Gasteiger partial charge in [-0.2, -0.15) is 0 Å². The Hall–Kier alpha value is -1.86. The van der Waals surface area contributed by atoms with Crippen LogP contribution in [-0.2, 0) is 9.47 Å². The van der Waals surface area contributed by atoms with Gasteiger partial charge in [0.1, 0.15) is 11.4 Å². The largest absolute Gasteiger partial charge is 0.444 e. The summed E-state index contributed by atoms with van der Waals surface area (Å²) in [5, 5.41) is 0. The van der Waals surface area contributed by atoms with E-state index in [0.29, 0.717) is 6.54 Å². The highest BCUT2D eigenvalue weighted by Crippen LogP contribution is 2.44. The van der Waals surface area contributed by atoms with Gasteiger partial charge in [0.15, 0.2) is 0 Å². The van der Waals surface area contributed by atoms with E-state index in [2.05, 4.69) is 20.9 Å². The molecule has 29 heavy (non-hydrogen) atoms. The van der Waals surface area contributed by atoms with Crippen LogP contribution in [0.2, 0.25) is 0 Å². The zero-order valence-corrected chi connectivity index (χ0v) is 18.8. The lowest BCUT2D eigenvalue weighted by atomic mass is 9.91. The Bertz CT molecular complexity index is 866. The molecule has 0 unspecified atom stereocenters. The van der Waals surface area contributed by atoms with Crippen molar-refractivity contribution in [3.05, 3.63) is 40.8 Å². The number of hydrogen-bond acceptors (Lipinski definition) is 4. The molecule has 2 aliphatic rings. The van der Waals surface area contributed by atoms with Crippen LogP contribution < -0.4 is 0 Å². The van der Waals surface area contributed by atoms with Gasteiger partial charge in [0, 0.05) is 29.3 Å². The van der Waals surface area contributed by atoms with Gasteiger partial charge in [-0.05, 0) is 52.2 Å². The van der Waals surface area contributed by atoms with Crippen molar-refractivity contribution in [3.8, 4) is 11.3 Å². The van der Waals surface area contributed by atoms with Gasteiger partial charge in [-0.3, -0.25) is 4.90 Å². The maximum Gasteiger partial charge on any atom is 0.411 e. The van der Waals surface area contributed by atoms with Gasteiger partial charge in [-0.15, -0.1) is 0 Å². The van der Waals surface area contributed by atoms with Crippen molar-refractivity contribution < 1.29 is 14.3 Å². The topological polar surface area (TPSA) is 67.4 Å². The molecule has 6 nitrogen and oxygen atoms in total. The zero-order valence-electron chi connectivity index (χ0n) is 17.2. The van der Waals surface area contributed by atoms with Crippen molar-refractivity contribution in [2.75, 3.05) is 13.2 Å². The van der Waals surface area contributed by atoms with Gasteiger partial charge < -0.3 is 14.5 Å². The van der Waals surface area contributed by atoms with E-state index in [1.54, 1.807) is 4.90 Å². The molecule has 156 valence electrons. The summed E-state index contributed by atoms with van der Waals surface area (Å²) in [6.07, 6.45) is 5.49. The van der Waals surface area contributed by atoms with Gasteiger partial charge in [0.2, 0.25) is 0 Å². The predicted octanol–water partition coefficient (Wildman–Crippen LogP) is 5.46. The van der Waals surface area contributed by atoms with Crippen LogP contribution in [0, 0.1) is 0 Å². The molecule has 0 saturated carbocycles. The smallest absolute Gasteiger partial charge is 0.411 e. The van der Waals surface area contributed by atoms with Crippen molar-refractivity contribution in [1.82, 2.24) is 14.9 Å². The fourth-order valence-corrected chi connectivity index (χ4v) is 4.44. The highest BCUT2D eigenvalue weighted by atomic mass is 79.9. The van der Waals surface area contributed by atoms with Crippen molar-refractivity contribution >= 4 is 22.0 Å². The molecule has 0 radical (unpaired) electrons. The fraction of sp³-hybridized carbons (Fsp3) is 0.545. The monoisotopic (exact) mass is 461 g/mol. The first-order chi connectivity index (χ1) is 13.7. The first kappa shape index (κ1) is 20.4. The number of amides is 1. The average molecular weight is 462 g/mol. The molecule has 1 amide bonds. The van der Waals surface area contributed by atoms with E-state index < -0.39 is 5.60 Å².